The van der Waals surface area contributed by atoms with Crippen LogP contribution in [0.4, 0.5) is 10.1 Å². The van der Waals surface area contributed by atoms with E-state index in [1.807, 2.05) is 30.3 Å². The molecule has 0 aliphatic carbocycles. The van der Waals surface area contributed by atoms with Gasteiger partial charge < -0.3 is 10.6 Å². The number of sulfonamides is 1. The number of nitrogens with one attached hydrogen (secondary N) is 2. The molecule has 1 fully saturated rings. The molecule has 1 aliphatic heterocycles. The summed E-state index contributed by atoms with van der Waals surface area (Å²) >= 11 is 0. The van der Waals surface area contributed by atoms with Crippen LogP contribution in [0, 0.1) is 11.7 Å². The predicted octanol–water partition coefficient (Wildman–Crippen LogP) is 3.84. The van der Waals surface area contributed by atoms with E-state index in [0.29, 0.717) is 37.1 Å². The topological polar surface area (TPSA) is 95.6 Å². The average molecular weight is 510 g/mol. The second-order valence-corrected chi connectivity index (χ2v) is 10.6. The number of nitrogens with zero attached hydrogens (tertiary/aromatic N) is 1. The van der Waals surface area contributed by atoms with Crippen molar-refractivity contribution in [1.29, 1.82) is 0 Å². The molecule has 0 aromatic heterocycles. The molecular formula is C27H28FN3O4S. The molecule has 188 valence electrons. The summed E-state index contributed by atoms with van der Waals surface area (Å²) in [7, 11) is -3.75. The lowest BCUT2D eigenvalue weighted by Gasteiger charge is -2.30. The molecule has 0 spiro atoms. The third-order valence-corrected chi connectivity index (χ3v) is 8.16. The van der Waals surface area contributed by atoms with E-state index in [1.165, 1.54) is 16.4 Å². The Kier molecular flexibility index (Phi) is 8.12. The van der Waals surface area contributed by atoms with Crippen molar-refractivity contribution in [2.24, 2.45) is 5.92 Å². The molecule has 0 atom stereocenters. The highest BCUT2D eigenvalue weighted by atomic mass is 32.2. The molecule has 7 nitrogen and oxygen atoms in total. The lowest BCUT2D eigenvalue weighted by atomic mass is 9.97. The van der Waals surface area contributed by atoms with E-state index < -0.39 is 15.8 Å². The zero-order valence-electron chi connectivity index (χ0n) is 19.7. The quantitative estimate of drug-likeness (QED) is 0.482. The Balaban J connectivity index is 1.33. The van der Waals surface area contributed by atoms with Crippen molar-refractivity contribution in [1.82, 2.24) is 9.62 Å². The van der Waals surface area contributed by atoms with E-state index in [4.69, 9.17) is 0 Å². The van der Waals surface area contributed by atoms with Crippen LogP contribution in [-0.2, 0) is 21.2 Å². The van der Waals surface area contributed by atoms with Crippen molar-refractivity contribution in [2.45, 2.75) is 24.2 Å². The van der Waals surface area contributed by atoms with Crippen LogP contribution in [0.25, 0.3) is 0 Å². The monoisotopic (exact) mass is 509 g/mol. The fraction of sp³-hybridized carbons (Fsp3) is 0.259. The van der Waals surface area contributed by atoms with Crippen LogP contribution in [0.2, 0.25) is 0 Å². The van der Waals surface area contributed by atoms with Gasteiger partial charge in [0.1, 0.15) is 5.82 Å². The SMILES string of the molecule is O=C(NCCc1ccccc1)c1ccccc1NC(=O)C1CCN(S(=O)(=O)c2ccc(F)cc2)CC1. The Bertz CT molecular complexity index is 1310. The van der Waals surface area contributed by atoms with E-state index in [0.717, 1.165) is 17.7 Å². The van der Waals surface area contributed by atoms with Crippen LogP contribution < -0.4 is 10.6 Å². The third-order valence-electron chi connectivity index (χ3n) is 6.25. The number of piperidine rings is 1. The van der Waals surface area contributed by atoms with Gasteiger partial charge in [0, 0.05) is 25.6 Å². The second-order valence-electron chi connectivity index (χ2n) is 8.66. The molecule has 1 saturated heterocycles. The van der Waals surface area contributed by atoms with E-state index in [-0.39, 0.29) is 35.7 Å². The maximum atomic E-state index is 13.2. The molecule has 4 rings (SSSR count). The summed E-state index contributed by atoms with van der Waals surface area (Å²) in [6.07, 6.45) is 1.38. The number of hydrogen-bond donors (Lipinski definition) is 2. The molecule has 3 aromatic rings. The zero-order valence-corrected chi connectivity index (χ0v) is 20.5. The fourth-order valence-electron chi connectivity index (χ4n) is 4.20. The number of amides is 2. The lowest BCUT2D eigenvalue weighted by Crippen LogP contribution is -2.41. The summed E-state index contributed by atoms with van der Waals surface area (Å²) in [6.45, 7) is 0.824. The Hall–Kier alpha value is -3.56. The normalized spacial score (nSPS) is 14.8. The highest BCUT2D eigenvalue weighted by Gasteiger charge is 2.32. The Morgan fingerprint density at radius 1 is 0.889 bits per heavy atom. The van der Waals surface area contributed by atoms with Gasteiger partial charge in [-0.05, 0) is 61.2 Å². The van der Waals surface area contributed by atoms with Gasteiger partial charge >= 0.3 is 0 Å². The number of halogens is 1. The third kappa shape index (κ3) is 6.16. The van der Waals surface area contributed by atoms with E-state index in [1.54, 1.807) is 24.3 Å². The number of carbonyl (C=O) groups excluding carboxylic acids is 2. The molecule has 9 heteroatoms. The minimum atomic E-state index is -3.75. The van der Waals surface area contributed by atoms with Gasteiger partial charge in [0.2, 0.25) is 15.9 Å². The molecule has 0 unspecified atom stereocenters. The van der Waals surface area contributed by atoms with Crippen molar-refractivity contribution >= 4 is 27.5 Å². The highest BCUT2D eigenvalue weighted by molar-refractivity contribution is 7.89. The first-order chi connectivity index (χ1) is 17.3. The van der Waals surface area contributed by atoms with Gasteiger partial charge in [0.25, 0.3) is 5.91 Å². The number of rotatable bonds is 8. The first-order valence-corrected chi connectivity index (χ1v) is 13.3. The smallest absolute Gasteiger partial charge is 0.253 e. The van der Waals surface area contributed by atoms with Crippen LogP contribution in [-0.4, -0.2) is 44.2 Å². The van der Waals surface area contributed by atoms with Gasteiger partial charge in [-0.1, -0.05) is 42.5 Å². The van der Waals surface area contributed by atoms with Crippen LogP contribution >= 0.6 is 0 Å². The van der Waals surface area contributed by atoms with Crippen LogP contribution in [0.5, 0.6) is 0 Å². The molecule has 1 aliphatic rings. The predicted molar refractivity (Wildman–Crippen MR) is 135 cm³/mol. The molecule has 2 amide bonds. The molecule has 36 heavy (non-hydrogen) atoms. The van der Waals surface area contributed by atoms with Crippen LogP contribution in [0.15, 0.2) is 83.8 Å². The zero-order chi connectivity index (χ0) is 25.5. The minimum Gasteiger partial charge on any atom is -0.352 e. The summed E-state index contributed by atoms with van der Waals surface area (Å²) in [5, 5.41) is 5.75. The number of anilines is 1. The fourth-order valence-corrected chi connectivity index (χ4v) is 5.67. The number of carbonyl (C=O) groups is 2. The number of para-hydroxylation sites is 1. The summed E-state index contributed by atoms with van der Waals surface area (Å²) in [4.78, 5) is 25.7. The minimum absolute atomic E-state index is 0.0269. The van der Waals surface area contributed by atoms with Gasteiger partial charge in [-0.3, -0.25) is 9.59 Å². The summed E-state index contributed by atoms with van der Waals surface area (Å²) in [6, 6.07) is 21.4. The second kappa shape index (κ2) is 11.5. The molecule has 0 radical (unpaired) electrons. The summed E-state index contributed by atoms with van der Waals surface area (Å²) in [5.41, 5.74) is 1.91. The van der Waals surface area contributed by atoms with Gasteiger partial charge in [0.15, 0.2) is 0 Å². The van der Waals surface area contributed by atoms with E-state index in [2.05, 4.69) is 10.6 Å². The standard InChI is InChI=1S/C27H28FN3O4S/c28-22-10-12-23(13-11-22)36(34,35)31-18-15-21(16-19-31)26(32)30-25-9-5-4-8-24(25)27(33)29-17-14-20-6-2-1-3-7-20/h1-13,21H,14-19H2,(H,29,33)(H,30,32). The van der Waals surface area contributed by atoms with Gasteiger partial charge in [-0.2, -0.15) is 4.31 Å². The molecule has 3 aromatic carbocycles. The first-order valence-electron chi connectivity index (χ1n) is 11.8. The van der Waals surface area contributed by atoms with Crippen molar-refractivity contribution in [3.8, 4) is 0 Å². The molecule has 0 bridgehead atoms. The average Bonchev–Trinajstić information content (AvgIpc) is 2.90. The van der Waals surface area contributed by atoms with Gasteiger partial charge in [0.05, 0.1) is 16.1 Å². The van der Waals surface area contributed by atoms with Crippen LogP contribution in [0.3, 0.4) is 0 Å². The van der Waals surface area contributed by atoms with Crippen molar-refractivity contribution < 1.29 is 22.4 Å². The van der Waals surface area contributed by atoms with Crippen molar-refractivity contribution in [2.75, 3.05) is 25.0 Å². The van der Waals surface area contributed by atoms with Crippen molar-refractivity contribution in [3.05, 3.63) is 95.8 Å². The van der Waals surface area contributed by atoms with Gasteiger partial charge in [-0.25, -0.2) is 12.8 Å². The molecule has 1 heterocycles. The van der Waals surface area contributed by atoms with Gasteiger partial charge in [-0.15, -0.1) is 0 Å². The number of benzene rings is 3. The van der Waals surface area contributed by atoms with E-state index in [9.17, 15) is 22.4 Å². The summed E-state index contributed by atoms with van der Waals surface area (Å²) in [5.74, 6) is -1.42. The maximum absolute atomic E-state index is 13.2. The maximum Gasteiger partial charge on any atom is 0.253 e. The lowest BCUT2D eigenvalue weighted by molar-refractivity contribution is -0.120. The molecular weight excluding hydrogens is 481 g/mol. The van der Waals surface area contributed by atoms with Crippen LogP contribution in [0.1, 0.15) is 28.8 Å². The van der Waals surface area contributed by atoms with E-state index >= 15 is 0 Å². The molecule has 0 saturated carbocycles. The molecule has 2 N–H and O–H groups in total. The highest BCUT2D eigenvalue weighted by Crippen LogP contribution is 2.26. The van der Waals surface area contributed by atoms with Crippen molar-refractivity contribution in [3.63, 3.8) is 0 Å². The largest absolute Gasteiger partial charge is 0.352 e. The Labute approximate surface area is 210 Å². The first kappa shape index (κ1) is 25.5. The Morgan fingerprint density at radius 3 is 2.22 bits per heavy atom. The Morgan fingerprint density at radius 2 is 1.53 bits per heavy atom. The number of hydrogen-bond acceptors (Lipinski definition) is 4. The summed E-state index contributed by atoms with van der Waals surface area (Å²) < 4.78 is 40.1.